The number of epoxide rings is 1. The van der Waals surface area contributed by atoms with Crippen LogP contribution in [0.3, 0.4) is 0 Å². The maximum absolute atomic E-state index is 12.3. The summed E-state index contributed by atoms with van der Waals surface area (Å²) in [4.78, 5) is 23.2. The second-order valence-corrected chi connectivity index (χ2v) is 7.25. The standard InChI is InChI=1S/C24H29NO8/c1-3-22(26)30-13-12-29-11-10-28-9-8-25-24(27)33-23-17(2)14-21(32-16-18-15-31-18)19-6-4-5-7-20(19)23/h3-7,14,18H,1,8-13,15-16H2,2H3,(H,25,27). The van der Waals surface area contributed by atoms with Crippen molar-refractivity contribution in [1.29, 1.82) is 0 Å². The van der Waals surface area contributed by atoms with E-state index in [2.05, 4.69) is 11.9 Å². The van der Waals surface area contributed by atoms with Crippen LogP contribution >= 0.6 is 0 Å². The zero-order valence-corrected chi connectivity index (χ0v) is 18.7. The third-order valence-electron chi connectivity index (χ3n) is 4.69. The van der Waals surface area contributed by atoms with Crippen molar-refractivity contribution in [3.05, 3.63) is 48.6 Å². The van der Waals surface area contributed by atoms with E-state index in [9.17, 15) is 9.59 Å². The van der Waals surface area contributed by atoms with Gasteiger partial charge in [-0.2, -0.15) is 0 Å². The molecule has 0 saturated carbocycles. The first kappa shape index (κ1) is 24.5. The van der Waals surface area contributed by atoms with Crippen molar-refractivity contribution < 1.29 is 38.0 Å². The molecule has 1 aliphatic heterocycles. The van der Waals surface area contributed by atoms with Crippen molar-refractivity contribution in [3.63, 3.8) is 0 Å². The minimum atomic E-state index is -0.563. The summed E-state index contributed by atoms with van der Waals surface area (Å²) in [5.41, 5.74) is 0.794. The molecule has 1 N–H and O–H groups in total. The van der Waals surface area contributed by atoms with Gasteiger partial charge >= 0.3 is 12.1 Å². The maximum Gasteiger partial charge on any atom is 0.412 e. The van der Waals surface area contributed by atoms with E-state index in [1.807, 2.05) is 37.3 Å². The van der Waals surface area contributed by atoms with E-state index >= 15 is 0 Å². The summed E-state index contributed by atoms with van der Waals surface area (Å²) in [6.45, 7) is 8.13. The SMILES string of the molecule is C=CC(=O)OCCOCCOCCNC(=O)Oc1c(C)cc(OCC2CO2)c2ccccc12. The highest BCUT2D eigenvalue weighted by Gasteiger charge is 2.24. The lowest BCUT2D eigenvalue weighted by atomic mass is 10.0. The maximum atomic E-state index is 12.3. The van der Waals surface area contributed by atoms with E-state index in [1.165, 1.54) is 0 Å². The molecular weight excluding hydrogens is 430 g/mol. The summed E-state index contributed by atoms with van der Waals surface area (Å²) in [6.07, 6.45) is 0.689. The fourth-order valence-corrected chi connectivity index (χ4v) is 2.99. The van der Waals surface area contributed by atoms with E-state index in [4.69, 9.17) is 28.4 Å². The summed E-state index contributed by atoms with van der Waals surface area (Å²) in [7, 11) is 0. The van der Waals surface area contributed by atoms with Crippen molar-refractivity contribution >= 4 is 22.8 Å². The molecule has 1 fully saturated rings. The predicted molar refractivity (Wildman–Crippen MR) is 121 cm³/mol. The molecule has 0 spiro atoms. The van der Waals surface area contributed by atoms with Gasteiger partial charge in [-0.15, -0.1) is 0 Å². The van der Waals surface area contributed by atoms with E-state index < -0.39 is 12.1 Å². The number of ether oxygens (including phenoxy) is 6. The molecule has 0 bridgehead atoms. The number of hydrogen-bond acceptors (Lipinski definition) is 8. The number of amides is 1. The molecule has 0 radical (unpaired) electrons. The molecule has 0 aliphatic carbocycles. The van der Waals surface area contributed by atoms with E-state index in [0.29, 0.717) is 32.2 Å². The lowest BCUT2D eigenvalue weighted by Gasteiger charge is -2.15. The van der Waals surface area contributed by atoms with Gasteiger partial charge in [0.1, 0.15) is 30.8 Å². The Morgan fingerprint density at radius 2 is 1.82 bits per heavy atom. The first-order valence-electron chi connectivity index (χ1n) is 10.8. The largest absolute Gasteiger partial charge is 0.490 e. The second-order valence-electron chi connectivity index (χ2n) is 7.25. The van der Waals surface area contributed by atoms with Crippen LogP contribution in [-0.4, -0.2) is 71.0 Å². The molecule has 1 unspecified atom stereocenters. The van der Waals surface area contributed by atoms with Gasteiger partial charge in [-0.05, 0) is 18.6 Å². The van der Waals surface area contributed by atoms with Crippen LogP contribution in [-0.2, 0) is 23.7 Å². The quantitative estimate of drug-likeness (QED) is 0.199. The molecule has 1 heterocycles. The number of esters is 1. The first-order chi connectivity index (χ1) is 16.1. The molecule has 1 saturated heterocycles. The molecule has 1 atom stereocenters. The third-order valence-corrected chi connectivity index (χ3v) is 4.69. The molecule has 2 aromatic rings. The second kappa shape index (κ2) is 12.8. The van der Waals surface area contributed by atoms with Gasteiger partial charge in [-0.1, -0.05) is 30.8 Å². The molecule has 3 rings (SSSR count). The van der Waals surface area contributed by atoms with Gasteiger partial charge < -0.3 is 33.7 Å². The minimum Gasteiger partial charge on any atom is -0.490 e. The van der Waals surface area contributed by atoms with Crippen LogP contribution in [0.15, 0.2) is 43.0 Å². The van der Waals surface area contributed by atoms with Gasteiger partial charge in [0.15, 0.2) is 0 Å². The van der Waals surface area contributed by atoms with Crippen molar-refractivity contribution in [2.24, 2.45) is 0 Å². The van der Waals surface area contributed by atoms with Gasteiger partial charge in [-0.25, -0.2) is 9.59 Å². The Morgan fingerprint density at radius 3 is 2.55 bits per heavy atom. The Bertz CT molecular complexity index is 957. The van der Waals surface area contributed by atoms with Crippen LogP contribution in [0.2, 0.25) is 0 Å². The van der Waals surface area contributed by atoms with Crippen molar-refractivity contribution in [3.8, 4) is 11.5 Å². The van der Waals surface area contributed by atoms with Gasteiger partial charge in [0.25, 0.3) is 0 Å². The molecule has 2 aromatic carbocycles. The van der Waals surface area contributed by atoms with Crippen LogP contribution in [0.1, 0.15) is 5.56 Å². The highest BCUT2D eigenvalue weighted by atomic mass is 16.6. The van der Waals surface area contributed by atoms with Crippen LogP contribution in [0.25, 0.3) is 10.8 Å². The summed E-state index contributed by atoms with van der Waals surface area (Å²) in [5, 5.41) is 4.34. The highest BCUT2D eigenvalue weighted by Crippen LogP contribution is 2.36. The number of fused-ring (bicyclic) bond motifs is 1. The molecule has 1 aliphatic rings. The molecule has 33 heavy (non-hydrogen) atoms. The average Bonchev–Trinajstić information content (AvgIpc) is 3.65. The fraction of sp³-hybridized carbons (Fsp3) is 0.417. The van der Waals surface area contributed by atoms with Crippen LogP contribution in [0, 0.1) is 6.92 Å². The van der Waals surface area contributed by atoms with Crippen LogP contribution in [0.5, 0.6) is 11.5 Å². The lowest BCUT2D eigenvalue weighted by Crippen LogP contribution is -2.30. The zero-order chi connectivity index (χ0) is 23.5. The lowest BCUT2D eigenvalue weighted by molar-refractivity contribution is -0.139. The summed E-state index contributed by atoms with van der Waals surface area (Å²) in [6, 6.07) is 9.50. The minimum absolute atomic E-state index is 0.154. The molecule has 178 valence electrons. The highest BCUT2D eigenvalue weighted by molar-refractivity contribution is 5.95. The van der Waals surface area contributed by atoms with E-state index in [0.717, 1.165) is 34.8 Å². The van der Waals surface area contributed by atoms with Gasteiger partial charge in [-0.3, -0.25) is 0 Å². The Hall–Kier alpha value is -3.14. The fourth-order valence-electron chi connectivity index (χ4n) is 2.99. The summed E-state index contributed by atoms with van der Waals surface area (Å²) >= 11 is 0. The summed E-state index contributed by atoms with van der Waals surface area (Å²) in [5.74, 6) is 0.745. The van der Waals surface area contributed by atoms with E-state index in [1.54, 1.807) is 0 Å². The van der Waals surface area contributed by atoms with Crippen molar-refractivity contribution in [1.82, 2.24) is 5.32 Å². The molecule has 1 amide bonds. The number of aryl methyl sites for hydroxylation is 1. The number of carbonyl (C=O) groups is 2. The molecular formula is C24H29NO8. The number of nitrogens with one attached hydrogen (secondary N) is 1. The zero-order valence-electron chi connectivity index (χ0n) is 18.7. The number of benzene rings is 2. The van der Waals surface area contributed by atoms with Gasteiger partial charge in [0.2, 0.25) is 0 Å². The Kier molecular flexibility index (Phi) is 9.49. The van der Waals surface area contributed by atoms with Gasteiger partial charge in [0, 0.05) is 23.4 Å². The van der Waals surface area contributed by atoms with Crippen LogP contribution in [0.4, 0.5) is 4.79 Å². The number of carbonyl (C=O) groups excluding carboxylic acids is 2. The molecule has 0 aromatic heterocycles. The smallest absolute Gasteiger partial charge is 0.412 e. The Balaban J connectivity index is 1.38. The number of rotatable bonds is 14. The molecule has 9 heteroatoms. The monoisotopic (exact) mass is 459 g/mol. The third kappa shape index (κ3) is 8.05. The Morgan fingerprint density at radius 1 is 1.12 bits per heavy atom. The predicted octanol–water partition coefficient (Wildman–Crippen LogP) is 2.78. The first-order valence-corrected chi connectivity index (χ1v) is 10.8. The Labute approximate surface area is 192 Å². The number of hydrogen-bond donors (Lipinski definition) is 1. The summed E-state index contributed by atoms with van der Waals surface area (Å²) < 4.78 is 32.1. The van der Waals surface area contributed by atoms with E-state index in [-0.39, 0.29) is 25.9 Å². The van der Waals surface area contributed by atoms with Crippen molar-refractivity contribution in [2.75, 3.05) is 52.8 Å². The normalized spacial score (nSPS) is 14.5. The average molecular weight is 459 g/mol. The molecule has 9 nitrogen and oxygen atoms in total. The van der Waals surface area contributed by atoms with Gasteiger partial charge in [0.05, 0.1) is 33.0 Å². The van der Waals surface area contributed by atoms with Crippen LogP contribution < -0.4 is 14.8 Å². The topological polar surface area (TPSA) is 105 Å². The van der Waals surface area contributed by atoms with Crippen molar-refractivity contribution in [2.45, 2.75) is 13.0 Å².